The summed E-state index contributed by atoms with van der Waals surface area (Å²) in [5.41, 5.74) is 0. The monoisotopic (exact) mass is 278 g/mol. The number of carbonyl (C=O) groups excluding carboxylic acids is 1. The summed E-state index contributed by atoms with van der Waals surface area (Å²) in [7, 11) is 2.08. The molecule has 0 radical (unpaired) electrons. The fourth-order valence-electron chi connectivity index (χ4n) is 2.88. The summed E-state index contributed by atoms with van der Waals surface area (Å²) in [6.07, 6.45) is 10.7. The van der Waals surface area contributed by atoms with Gasteiger partial charge in [0.15, 0.2) is 0 Å². The van der Waals surface area contributed by atoms with E-state index in [1.807, 2.05) is 6.92 Å². The average molecular weight is 278 g/mol. The van der Waals surface area contributed by atoms with E-state index in [4.69, 9.17) is 0 Å². The smallest absolute Gasteiger partial charge is 0.237 e. The van der Waals surface area contributed by atoms with Crippen LogP contribution in [-0.4, -0.2) is 46.5 Å². The lowest BCUT2D eigenvalue weighted by atomic mass is 9.93. The minimum Gasteiger partial charge on any atom is -0.354 e. The highest BCUT2D eigenvalue weighted by Gasteiger charge is 2.25. The molecule has 5 nitrogen and oxygen atoms in total. The Kier molecular flexibility index (Phi) is 5.59. The summed E-state index contributed by atoms with van der Waals surface area (Å²) >= 11 is 0. The number of amides is 1. The third kappa shape index (κ3) is 4.07. The molecule has 2 N–H and O–H groups in total. The van der Waals surface area contributed by atoms with Crippen LogP contribution in [0.1, 0.15) is 44.9 Å². The van der Waals surface area contributed by atoms with E-state index in [9.17, 15) is 4.79 Å². The van der Waals surface area contributed by atoms with E-state index in [1.165, 1.54) is 32.1 Å². The lowest BCUT2D eigenvalue weighted by Gasteiger charge is -2.34. The molecular formula is C15H26N4O. The molecule has 112 valence electrons. The second-order valence-electron chi connectivity index (χ2n) is 5.71. The number of imidazole rings is 1. The maximum absolute atomic E-state index is 12.2. The van der Waals surface area contributed by atoms with Crippen LogP contribution in [0.4, 0.5) is 0 Å². The summed E-state index contributed by atoms with van der Waals surface area (Å²) in [6, 6.07) is 0.504. The first-order chi connectivity index (χ1) is 9.68. The molecule has 20 heavy (non-hydrogen) atoms. The lowest BCUT2D eigenvalue weighted by molar-refractivity contribution is -0.126. The first-order valence-corrected chi connectivity index (χ1v) is 7.66. The number of likely N-dealkylation sites (N-methyl/N-ethyl adjacent to an activating group) is 1. The number of hydrogen-bond acceptors (Lipinski definition) is 3. The van der Waals surface area contributed by atoms with Crippen molar-refractivity contribution in [1.82, 2.24) is 20.2 Å². The van der Waals surface area contributed by atoms with Gasteiger partial charge in [0.05, 0.1) is 6.04 Å². The first kappa shape index (κ1) is 15.0. The Balaban J connectivity index is 1.72. The maximum Gasteiger partial charge on any atom is 0.237 e. The molecule has 0 unspecified atom stereocenters. The van der Waals surface area contributed by atoms with Gasteiger partial charge in [0.2, 0.25) is 5.91 Å². The van der Waals surface area contributed by atoms with E-state index in [1.54, 1.807) is 12.4 Å². The van der Waals surface area contributed by atoms with E-state index in [2.05, 4.69) is 27.2 Å². The van der Waals surface area contributed by atoms with Crippen LogP contribution in [0.5, 0.6) is 0 Å². The minimum absolute atomic E-state index is 0.0605. The topological polar surface area (TPSA) is 61.0 Å². The zero-order valence-electron chi connectivity index (χ0n) is 12.6. The quantitative estimate of drug-likeness (QED) is 0.833. The summed E-state index contributed by atoms with van der Waals surface area (Å²) in [5, 5.41) is 3.00. The van der Waals surface area contributed by atoms with Gasteiger partial charge in [0.1, 0.15) is 5.82 Å². The molecule has 0 bridgehead atoms. The standard InChI is InChI=1S/C15H26N4O/c1-12(19(2)13-6-4-3-5-7-13)15(20)18-9-8-14-16-10-11-17-14/h10-13H,3-9H2,1-2H3,(H,16,17)(H,18,20)/t12-/m0/s1. The Labute approximate surface area is 121 Å². The molecule has 1 aliphatic rings. The molecule has 1 atom stereocenters. The molecule has 1 saturated carbocycles. The van der Waals surface area contributed by atoms with Crippen molar-refractivity contribution in [3.63, 3.8) is 0 Å². The van der Waals surface area contributed by atoms with Gasteiger partial charge in [-0.25, -0.2) is 4.98 Å². The largest absolute Gasteiger partial charge is 0.354 e. The molecule has 2 rings (SSSR count). The van der Waals surface area contributed by atoms with E-state index in [-0.39, 0.29) is 11.9 Å². The van der Waals surface area contributed by atoms with Gasteiger partial charge in [-0.3, -0.25) is 9.69 Å². The Morgan fingerprint density at radius 3 is 2.90 bits per heavy atom. The summed E-state index contributed by atoms with van der Waals surface area (Å²) < 4.78 is 0. The number of nitrogens with one attached hydrogen (secondary N) is 2. The number of aromatic amines is 1. The molecule has 1 heterocycles. The van der Waals surface area contributed by atoms with Gasteiger partial charge in [-0.05, 0) is 26.8 Å². The van der Waals surface area contributed by atoms with Crippen LogP contribution < -0.4 is 5.32 Å². The van der Waals surface area contributed by atoms with Crippen molar-refractivity contribution in [2.75, 3.05) is 13.6 Å². The number of H-pyrrole nitrogens is 1. The third-order valence-electron chi connectivity index (χ3n) is 4.36. The molecule has 0 saturated heterocycles. The van der Waals surface area contributed by atoms with Gasteiger partial charge < -0.3 is 10.3 Å². The number of aromatic nitrogens is 2. The van der Waals surface area contributed by atoms with Gasteiger partial charge in [0.25, 0.3) is 0 Å². The molecular weight excluding hydrogens is 252 g/mol. The molecule has 1 fully saturated rings. The predicted molar refractivity (Wildman–Crippen MR) is 79.4 cm³/mol. The van der Waals surface area contributed by atoms with Crippen molar-refractivity contribution >= 4 is 5.91 Å². The van der Waals surface area contributed by atoms with Gasteiger partial charge in [-0.2, -0.15) is 0 Å². The van der Waals surface area contributed by atoms with Crippen molar-refractivity contribution in [1.29, 1.82) is 0 Å². The van der Waals surface area contributed by atoms with Crippen molar-refractivity contribution in [2.45, 2.75) is 57.5 Å². The third-order valence-corrected chi connectivity index (χ3v) is 4.36. The summed E-state index contributed by atoms with van der Waals surface area (Å²) in [4.78, 5) is 21.6. The lowest BCUT2D eigenvalue weighted by Crippen LogP contribution is -2.48. The molecule has 5 heteroatoms. The zero-order chi connectivity index (χ0) is 14.4. The maximum atomic E-state index is 12.2. The fraction of sp³-hybridized carbons (Fsp3) is 0.733. The zero-order valence-corrected chi connectivity index (χ0v) is 12.6. The molecule has 1 aliphatic carbocycles. The van der Waals surface area contributed by atoms with Gasteiger partial charge >= 0.3 is 0 Å². The number of nitrogens with zero attached hydrogens (tertiary/aromatic N) is 2. The van der Waals surface area contributed by atoms with Crippen LogP contribution in [0.15, 0.2) is 12.4 Å². The van der Waals surface area contributed by atoms with Crippen molar-refractivity contribution in [3.8, 4) is 0 Å². The molecule has 0 aromatic carbocycles. The van der Waals surface area contributed by atoms with Crippen molar-refractivity contribution < 1.29 is 4.79 Å². The van der Waals surface area contributed by atoms with Gasteiger partial charge in [-0.1, -0.05) is 19.3 Å². The Bertz CT molecular complexity index is 398. The highest BCUT2D eigenvalue weighted by atomic mass is 16.2. The Morgan fingerprint density at radius 1 is 1.50 bits per heavy atom. The highest BCUT2D eigenvalue weighted by molar-refractivity contribution is 5.81. The van der Waals surface area contributed by atoms with Crippen molar-refractivity contribution in [2.24, 2.45) is 0 Å². The van der Waals surface area contributed by atoms with E-state index < -0.39 is 0 Å². The van der Waals surface area contributed by atoms with E-state index in [0.29, 0.717) is 12.6 Å². The van der Waals surface area contributed by atoms with E-state index >= 15 is 0 Å². The van der Waals surface area contributed by atoms with Crippen LogP contribution in [0, 0.1) is 0 Å². The molecule has 1 aromatic rings. The number of carbonyl (C=O) groups is 1. The molecule has 1 amide bonds. The molecule has 0 aliphatic heterocycles. The van der Waals surface area contributed by atoms with Gasteiger partial charge in [0, 0.05) is 31.4 Å². The molecule has 1 aromatic heterocycles. The van der Waals surface area contributed by atoms with Crippen LogP contribution in [0.25, 0.3) is 0 Å². The van der Waals surface area contributed by atoms with Crippen molar-refractivity contribution in [3.05, 3.63) is 18.2 Å². The van der Waals surface area contributed by atoms with Crippen LogP contribution in [0.3, 0.4) is 0 Å². The number of hydrogen-bond donors (Lipinski definition) is 2. The SMILES string of the molecule is C[C@@H](C(=O)NCCc1ncc[nH]1)N(C)C1CCCCC1. The fourth-order valence-corrected chi connectivity index (χ4v) is 2.88. The summed E-state index contributed by atoms with van der Waals surface area (Å²) in [6.45, 7) is 2.63. The predicted octanol–water partition coefficient (Wildman–Crippen LogP) is 1.72. The second-order valence-corrected chi connectivity index (χ2v) is 5.71. The second kappa shape index (κ2) is 7.43. The van der Waals surface area contributed by atoms with Gasteiger partial charge in [-0.15, -0.1) is 0 Å². The summed E-state index contributed by atoms with van der Waals surface area (Å²) in [5.74, 6) is 1.03. The number of rotatable bonds is 6. The highest BCUT2D eigenvalue weighted by Crippen LogP contribution is 2.22. The Hall–Kier alpha value is -1.36. The van der Waals surface area contributed by atoms with E-state index in [0.717, 1.165) is 12.2 Å². The van der Waals surface area contributed by atoms with Crippen LogP contribution in [-0.2, 0) is 11.2 Å². The normalized spacial score (nSPS) is 18.1. The average Bonchev–Trinajstić information content (AvgIpc) is 2.99. The van der Waals surface area contributed by atoms with Crippen LogP contribution in [0.2, 0.25) is 0 Å². The van der Waals surface area contributed by atoms with Crippen LogP contribution >= 0.6 is 0 Å². The minimum atomic E-state index is -0.0605. The molecule has 0 spiro atoms. The first-order valence-electron chi connectivity index (χ1n) is 7.66. The Morgan fingerprint density at radius 2 is 2.25 bits per heavy atom.